The van der Waals surface area contributed by atoms with Crippen LogP contribution in [0.3, 0.4) is 0 Å². The number of carbonyl (C=O) groups excluding carboxylic acids is 1. The summed E-state index contributed by atoms with van der Waals surface area (Å²) in [6, 6.07) is 16.0. The Morgan fingerprint density at radius 3 is 2.50 bits per heavy atom. The molecule has 1 aliphatic rings. The molecule has 1 saturated heterocycles. The van der Waals surface area contributed by atoms with Crippen molar-refractivity contribution in [3.63, 3.8) is 0 Å². The molecule has 2 aromatic carbocycles. The van der Waals surface area contributed by atoms with E-state index >= 15 is 0 Å². The number of carbonyl (C=O) groups is 1. The molecule has 0 unspecified atom stereocenters. The second-order valence-electron chi connectivity index (χ2n) is 6.60. The lowest BCUT2D eigenvalue weighted by atomic mass is 10.2. The molecule has 1 N–H and O–H groups in total. The van der Waals surface area contributed by atoms with E-state index in [4.69, 9.17) is 0 Å². The Balaban J connectivity index is 1.73. The van der Waals surface area contributed by atoms with Crippen LogP contribution in [-0.4, -0.2) is 42.5 Å². The minimum absolute atomic E-state index is 0.0590. The molecule has 1 aromatic heterocycles. The number of benzene rings is 2. The van der Waals surface area contributed by atoms with Crippen molar-refractivity contribution in [3.8, 4) is 11.4 Å². The van der Waals surface area contributed by atoms with Gasteiger partial charge in [0.05, 0.1) is 23.3 Å². The first-order chi connectivity index (χ1) is 14.5. The minimum Gasteiger partial charge on any atom is -0.507 e. The van der Waals surface area contributed by atoms with Crippen LogP contribution in [0.1, 0.15) is 11.3 Å². The highest BCUT2D eigenvalue weighted by Crippen LogP contribution is 2.25. The first-order valence-electron chi connectivity index (χ1n) is 9.18. The topological polar surface area (TPSA) is 92.2 Å². The van der Waals surface area contributed by atoms with Gasteiger partial charge in [-0.3, -0.25) is 14.3 Å². The first kappa shape index (κ1) is 19.7. The third-order valence-corrected chi connectivity index (χ3v) is 5.64. The number of phenolic OH excluding ortho intramolecular Hbond substituents is 1. The van der Waals surface area contributed by atoms with Crippen LogP contribution in [0.2, 0.25) is 0 Å². The fourth-order valence-electron chi connectivity index (χ4n) is 3.04. The summed E-state index contributed by atoms with van der Waals surface area (Å²) in [4.78, 5) is 29.9. The van der Waals surface area contributed by atoms with Crippen LogP contribution in [0, 0.1) is 6.92 Å². The summed E-state index contributed by atoms with van der Waals surface area (Å²) in [6.45, 7) is 1.80. The SMILES string of the molecule is Cc1c(N=C2SCC(=O)N2/N=C\c2ccccc2O)c(=O)n(-c2ccccc2)n1C. The Morgan fingerprint density at radius 1 is 1.07 bits per heavy atom. The number of para-hydroxylation sites is 2. The molecular formula is C21H19N5O3S. The maximum atomic E-state index is 13.1. The second kappa shape index (κ2) is 8.03. The highest BCUT2D eigenvalue weighted by atomic mass is 32.2. The number of amidine groups is 1. The van der Waals surface area contributed by atoms with Crippen molar-refractivity contribution in [3.05, 3.63) is 76.2 Å². The number of nitrogens with zero attached hydrogens (tertiary/aromatic N) is 5. The van der Waals surface area contributed by atoms with Gasteiger partial charge >= 0.3 is 0 Å². The van der Waals surface area contributed by atoms with Gasteiger partial charge in [-0.05, 0) is 31.2 Å². The Hall–Kier alpha value is -3.59. The van der Waals surface area contributed by atoms with E-state index in [1.165, 1.54) is 28.7 Å². The number of aliphatic imine (C=N–C) groups is 1. The van der Waals surface area contributed by atoms with Gasteiger partial charge in [0.1, 0.15) is 5.75 Å². The van der Waals surface area contributed by atoms with Gasteiger partial charge < -0.3 is 5.11 Å². The fraction of sp³-hybridized carbons (Fsp3) is 0.143. The molecule has 0 spiro atoms. The molecule has 4 rings (SSSR count). The van der Waals surface area contributed by atoms with E-state index in [-0.39, 0.29) is 28.7 Å². The number of thioether (sulfide) groups is 1. The summed E-state index contributed by atoms with van der Waals surface area (Å²) in [5, 5.41) is 15.6. The van der Waals surface area contributed by atoms with E-state index in [2.05, 4.69) is 10.1 Å². The number of hydrogen-bond donors (Lipinski definition) is 1. The van der Waals surface area contributed by atoms with Crippen LogP contribution in [0.4, 0.5) is 5.69 Å². The average Bonchev–Trinajstić information content (AvgIpc) is 3.20. The first-order valence-corrected chi connectivity index (χ1v) is 10.2. The minimum atomic E-state index is -0.279. The molecule has 8 nitrogen and oxygen atoms in total. The second-order valence-corrected chi connectivity index (χ2v) is 7.54. The lowest BCUT2D eigenvalue weighted by Gasteiger charge is -2.08. The van der Waals surface area contributed by atoms with Crippen molar-refractivity contribution >= 4 is 34.7 Å². The molecule has 1 aliphatic heterocycles. The Labute approximate surface area is 176 Å². The van der Waals surface area contributed by atoms with E-state index in [1.54, 1.807) is 36.9 Å². The van der Waals surface area contributed by atoms with E-state index in [0.717, 1.165) is 10.7 Å². The van der Waals surface area contributed by atoms with E-state index in [0.29, 0.717) is 16.4 Å². The van der Waals surface area contributed by atoms with E-state index < -0.39 is 0 Å². The van der Waals surface area contributed by atoms with Gasteiger partial charge in [-0.2, -0.15) is 10.1 Å². The van der Waals surface area contributed by atoms with Gasteiger partial charge in [-0.15, -0.1) is 0 Å². The summed E-state index contributed by atoms with van der Waals surface area (Å²) in [7, 11) is 1.79. The predicted octanol–water partition coefficient (Wildman–Crippen LogP) is 2.79. The summed E-state index contributed by atoms with van der Waals surface area (Å²) >= 11 is 1.21. The predicted molar refractivity (Wildman–Crippen MR) is 118 cm³/mol. The number of aromatic nitrogens is 2. The third kappa shape index (κ3) is 3.55. The lowest BCUT2D eigenvalue weighted by molar-refractivity contribution is -0.124. The van der Waals surface area contributed by atoms with Crippen LogP contribution in [0.5, 0.6) is 5.75 Å². The molecule has 0 atom stereocenters. The standard InChI is InChI=1S/C21H19N5O3S/c1-14-19(20(29)26(24(14)2)16-9-4-3-5-10-16)23-21-25(18(28)13-30-21)22-12-15-8-6-7-11-17(15)27/h3-12,27H,13H2,1-2H3/b22-12-,23-21?. The Morgan fingerprint density at radius 2 is 1.77 bits per heavy atom. The molecule has 9 heteroatoms. The lowest BCUT2D eigenvalue weighted by Crippen LogP contribution is -2.24. The molecule has 0 radical (unpaired) electrons. The molecule has 0 saturated carbocycles. The Bertz CT molecular complexity index is 1230. The van der Waals surface area contributed by atoms with E-state index in [9.17, 15) is 14.7 Å². The van der Waals surface area contributed by atoms with Crippen molar-refractivity contribution < 1.29 is 9.90 Å². The average molecular weight is 421 g/mol. The van der Waals surface area contributed by atoms with Crippen LogP contribution in [0.15, 0.2) is 69.5 Å². The van der Waals surface area contributed by atoms with Gasteiger partial charge in [0, 0.05) is 12.6 Å². The highest BCUT2D eigenvalue weighted by Gasteiger charge is 2.29. The molecular weight excluding hydrogens is 402 g/mol. The van der Waals surface area contributed by atoms with Crippen molar-refractivity contribution in [1.29, 1.82) is 0 Å². The zero-order valence-electron chi connectivity index (χ0n) is 16.4. The van der Waals surface area contributed by atoms with E-state index in [1.807, 2.05) is 30.3 Å². The zero-order chi connectivity index (χ0) is 21.3. The summed E-state index contributed by atoms with van der Waals surface area (Å²) < 4.78 is 3.26. The molecule has 30 heavy (non-hydrogen) atoms. The molecule has 1 amide bonds. The fourth-order valence-corrected chi connectivity index (χ4v) is 3.85. The number of hydrazone groups is 1. The van der Waals surface area contributed by atoms with Gasteiger partial charge in [-0.1, -0.05) is 42.1 Å². The molecule has 1 fully saturated rings. The number of hydrogen-bond acceptors (Lipinski definition) is 6. The van der Waals surface area contributed by atoms with Crippen LogP contribution >= 0.6 is 11.8 Å². The van der Waals surface area contributed by atoms with Gasteiger partial charge in [0.2, 0.25) is 0 Å². The monoisotopic (exact) mass is 421 g/mol. The molecule has 2 heterocycles. The van der Waals surface area contributed by atoms with Crippen molar-refractivity contribution in [2.75, 3.05) is 5.75 Å². The van der Waals surface area contributed by atoms with Gasteiger partial charge in [0.15, 0.2) is 10.9 Å². The molecule has 0 aliphatic carbocycles. The molecule has 152 valence electrons. The van der Waals surface area contributed by atoms with Gasteiger partial charge in [-0.25, -0.2) is 9.67 Å². The molecule has 0 bridgehead atoms. The maximum Gasteiger partial charge on any atom is 0.297 e. The Kier molecular flexibility index (Phi) is 5.28. The summed E-state index contributed by atoms with van der Waals surface area (Å²) in [5.74, 6) is -0.0125. The zero-order valence-corrected chi connectivity index (χ0v) is 17.2. The van der Waals surface area contributed by atoms with Crippen molar-refractivity contribution in [2.45, 2.75) is 6.92 Å². The molecule has 3 aromatic rings. The smallest absolute Gasteiger partial charge is 0.297 e. The number of phenols is 1. The quantitative estimate of drug-likeness (QED) is 0.656. The largest absolute Gasteiger partial charge is 0.507 e. The van der Waals surface area contributed by atoms with Crippen LogP contribution in [0.25, 0.3) is 5.69 Å². The van der Waals surface area contributed by atoms with Gasteiger partial charge in [0.25, 0.3) is 11.5 Å². The van der Waals surface area contributed by atoms with Crippen LogP contribution < -0.4 is 5.56 Å². The number of amides is 1. The maximum absolute atomic E-state index is 13.1. The van der Waals surface area contributed by atoms with Crippen molar-refractivity contribution in [2.24, 2.45) is 17.1 Å². The van der Waals surface area contributed by atoms with Crippen molar-refractivity contribution in [1.82, 2.24) is 14.4 Å². The summed E-state index contributed by atoms with van der Waals surface area (Å²) in [6.07, 6.45) is 1.40. The van der Waals surface area contributed by atoms with Crippen LogP contribution in [-0.2, 0) is 11.8 Å². The third-order valence-electron chi connectivity index (χ3n) is 4.72. The highest BCUT2D eigenvalue weighted by molar-refractivity contribution is 8.15. The summed E-state index contributed by atoms with van der Waals surface area (Å²) in [5.41, 5.74) is 1.84. The number of rotatable bonds is 4. The number of aromatic hydroxyl groups is 1. The normalized spacial score (nSPS) is 15.6.